The van der Waals surface area contributed by atoms with Gasteiger partial charge in [-0.1, -0.05) is 37.6 Å². The number of imidazole rings is 1. The van der Waals surface area contributed by atoms with E-state index in [2.05, 4.69) is 33.5 Å². The lowest BCUT2D eigenvalue weighted by molar-refractivity contribution is 0.0732. The van der Waals surface area contributed by atoms with Crippen LogP contribution in [0, 0.1) is 0 Å². The van der Waals surface area contributed by atoms with Crippen molar-refractivity contribution >= 4 is 29.3 Å². The highest BCUT2D eigenvalue weighted by molar-refractivity contribution is 6.30. The second kappa shape index (κ2) is 14.1. The standard InChI is InChI=1S/C19H17ClN4.C8H16N2O2.C2H6/c1-24-11-22-10-18(24)19(21)16-7-13-3-2-6-23-17(13)8-12-4-5-14(20)9-15(12)16;1-7(2)12-8(11)10-5-3-9-4-6-10;1-2/h2-7,9-11,19H,8,21H2,1H3;7,9H,3-6H2,1-2H3;1-2H3. The van der Waals surface area contributed by atoms with Crippen LogP contribution in [0.5, 0.6) is 0 Å². The molecule has 1 amide bonds. The van der Waals surface area contributed by atoms with Crippen molar-refractivity contribution in [3.8, 4) is 0 Å². The predicted octanol–water partition coefficient (Wildman–Crippen LogP) is 5.08. The number of piperazine rings is 1. The molecule has 3 aromatic rings. The van der Waals surface area contributed by atoms with E-state index in [9.17, 15) is 4.79 Å². The van der Waals surface area contributed by atoms with Crippen LogP contribution in [0.4, 0.5) is 4.79 Å². The molecule has 9 heteroatoms. The quantitative estimate of drug-likeness (QED) is 0.483. The summed E-state index contributed by atoms with van der Waals surface area (Å²) >= 11 is 6.27. The summed E-state index contributed by atoms with van der Waals surface area (Å²) in [6, 6.07) is 9.70. The van der Waals surface area contributed by atoms with Crippen LogP contribution in [0.15, 0.2) is 49.1 Å². The fourth-order valence-electron chi connectivity index (χ4n) is 4.33. The van der Waals surface area contributed by atoms with E-state index >= 15 is 0 Å². The van der Waals surface area contributed by atoms with Gasteiger partial charge in [-0.25, -0.2) is 9.78 Å². The van der Waals surface area contributed by atoms with Gasteiger partial charge in [-0.3, -0.25) is 4.98 Å². The number of aromatic nitrogens is 3. The van der Waals surface area contributed by atoms with Gasteiger partial charge in [0.1, 0.15) is 0 Å². The average molecular weight is 539 g/mol. The Labute approximate surface area is 230 Å². The molecule has 38 heavy (non-hydrogen) atoms. The van der Waals surface area contributed by atoms with E-state index in [4.69, 9.17) is 22.1 Å². The van der Waals surface area contributed by atoms with Crippen LogP contribution in [0.1, 0.15) is 61.8 Å². The highest BCUT2D eigenvalue weighted by atomic mass is 35.5. The third-order valence-corrected chi connectivity index (χ3v) is 6.43. The Bertz CT molecular complexity index is 1230. The molecule has 0 saturated carbocycles. The molecule has 5 rings (SSSR count). The van der Waals surface area contributed by atoms with E-state index in [0.717, 1.165) is 60.7 Å². The van der Waals surface area contributed by atoms with Gasteiger partial charge in [-0.15, -0.1) is 0 Å². The van der Waals surface area contributed by atoms with Crippen molar-refractivity contribution in [1.82, 2.24) is 24.8 Å². The van der Waals surface area contributed by atoms with Gasteiger partial charge in [0.25, 0.3) is 0 Å². The third kappa shape index (κ3) is 7.43. The molecule has 0 spiro atoms. The zero-order valence-electron chi connectivity index (χ0n) is 22.9. The molecule has 1 aliphatic heterocycles. The van der Waals surface area contributed by atoms with Crippen LogP contribution in [-0.2, 0) is 18.2 Å². The number of benzene rings is 1. The molecule has 0 radical (unpaired) electrons. The van der Waals surface area contributed by atoms with Gasteiger partial charge < -0.3 is 25.3 Å². The summed E-state index contributed by atoms with van der Waals surface area (Å²) in [4.78, 5) is 21.8. The summed E-state index contributed by atoms with van der Waals surface area (Å²) in [6.07, 6.45) is 8.09. The lowest BCUT2D eigenvalue weighted by Crippen LogP contribution is -2.47. The maximum atomic E-state index is 11.3. The largest absolute Gasteiger partial charge is 0.447 e. The van der Waals surface area contributed by atoms with Crippen molar-refractivity contribution in [2.45, 2.75) is 46.3 Å². The number of halogens is 1. The molecule has 2 aromatic heterocycles. The monoisotopic (exact) mass is 538 g/mol. The first-order chi connectivity index (χ1) is 18.3. The number of aryl methyl sites for hydroxylation is 1. The zero-order chi connectivity index (χ0) is 27.7. The highest BCUT2D eigenvalue weighted by Gasteiger charge is 2.23. The molecule has 1 unspecified atom stereocenters. The van der Waals surface area contributed by atoms with E-state index in [1.54, 1.807) is 11.2 Å². The first kappa shape index (κ1) is 29.4. The molecule has 1 aliphatic carbocycles. The van der Waals surface area contributed by atoms with E-state index in [0.29, 0.717) is 5.02 Å². The molecule has 1 fully saturated rings. The van der Waals surface area contributed by atoms with Gasteiger partial charge in [0, 0.05) is 50.9 Å². The van der Waals surface area contributed by atoms with Crippen LogP contribution in [0.3, 0.4) is 0 Å². The number of nitrogens with one attached hydrogen (secondary N) is 1. The van der Waals surface area contributed by atoms with Gasteiger partial charge in [0.15, 0.2) is 0 Å². The number of rotatable bonds is 3. The summed E-state index contributed by atoms with van der Waals surface area (Å²) in [5.74, 6) is 0. The SMILES string of the molecule is CC.CC(C)OC(=O)N1CCNCC1.Cn1cncc1C(N)C1=Cc2cccnc2Cc2ccc(Cl)cc21. The van der Waals surface area contributed by atoms with Gasteiger partial charge in [-0.05, 0) is 60.4 Å². The average Bonchev–Trinajstić information content (AvgIpc) is 3.28. The molecular weight excluding hydrogens is 500 g/mol. The number of carbonyl (C=O) groups is 1. The van der Waals surface area contributed by atoms with Gasteiger partial charge in [0.2, 0.25) is 0 Å². The fraction of sp³-hybridized carbons (Fsp3) is 0.414. The summed E-state index contributed by atoms with van der Waals surface area (Å²) in [5.41, 5.74) is 13.0. The molecule has 8 nitrogen and oxygen atoms in total. The van der Waals surface area contributed by atoms with E-state index in [1.807, 2.05) is 69.9 Å². The summed E-state index contributed by atoms with van der Waals surface area (Å²) in [5, 5.41) is 3.88. The number of pyridine rings is 1. The molecule has 3 heterocycles. The van der Waals surface area contributed by atoms with Crippen molar-refractivity contribution in [2.75, 3.05) is 26.2 Å². The van der Waals surface area contributed by atoms with Gasteiger partial charge in [0.05, 0.1) is 36.1 Å². The highest BCUT2D eigenvalue weighted by Crippen LogP contribution is 2.37. The van der Waals surface area contributed by atoms with Crippen molar-refractivity contribution in [1.29, 1.82) is 0 Å². The lowest BCUT2D eigenvalue weighted by atomic mass is 9.92. The zero-order valence-corrected chi connectivity index (χ0v) is 23.7. The summed E-state index contributed by atoms with van der Waals surface area (Å²) in [7, 11) is 1.95. The summed E-state index contributed by atoms with van der Waals surface area (Å²) in [6.45, 7) is 11.0. The number of amides is 1. The Morgan fingerprint density at radius 1 is 1.18 bits per heavy atom. The lowest BCUT2D eigenvalue weighted by Gasteiger charge is -2.27. The maximum Gasteiger partial charge on any atom is 0.410 e. The van der Waals surface area contributed by atoms with E-state index < -0.39 is 0 Å². The van der Waals surface area contributed by atoms with Crippen molar-refractivity contribution in [2.24, 2.45) is 12.8 Å². The van der Waals surface area contributed by atoms with Crippen LogP contribution in [0.2, 0.25) is 5.02 Å². The Kier molecular flexibility index (Phi) is 10.9. The van der Waals surface area contributed by atoms with Crippen molar-refractivity contribution in [3.05, 3.63) is 82.2 Å². The number of ether oxygens (including phenoxy) is 1. The molecule has 1 aromatic carbocycles. The Morgan fingerprint density at radius 3 is 2.58 bits per heavy atom. The number of hydrogen-bond acceptors (Lipinski definition) is 6. The molecule has 0 bridgehead atoms. The smallest absolute Gasteiger partial charge is 0.410 e. The molecule has 204 valence electrons. The number of hydrogen-bond donors (Lipinski definition) is 2. The third-order valence-electron chi connectivity index (χ3n) is 6.20. The Morgan fingerprint density at radius 2 is 1.92 bits per heavy atom. The minimum Gasteiger partial charge on any atom is -0.447 e. The first-order valence-electron chi connectivity index (χ1n) is 13.2. The van der Waals surface area contributed by atoms with Crippen LogP contribution < -0.4 is 11.1 Å². The second-order valence-corrected chi connectivity index (χ2v) is 9.63. The number of nitrogens with zero attached hydrogens (tertiary/aromatic N) is 4. The first-order valence-corrected chi connectivity index (χ1v) is 13.5. The van der Waals surface area contributed by atoms with Crippen LogP contribution in [-0.4, -0.2) is 57.8 Å². The maximum absolute atomic E-state index is 11.3. The van der Waals surface area contributed by atoms with Gasteiger partial charge >= 0.3 is 6.09 Å². The van der Waals surface area contributed by atoms with E-state index in [1.165, 1.54) is 5.56 Å². The normalized spacial score (nSPS) is 14.9. The minimum atomic E-state index is -0.291. The molecule has 1 atom stereocenters. The second-order valence-electron chi connectivity index (χ2n) is 9.19. The summed E-state index contributed by atoms with van der Waals surface area (Å²) < 4.78 is 7.00. The Hall–Kier alpha value is -3.20. The van der Waals surface area contributed by atoms with Crippen LogP contribution in [0.25, 0.3) is 11.6 Å². The minimum absolute atomic E-state index is 0.0209. The van der Waals surface area contributed by atoms with Gasteiger partial charge in [-0.2, -0.15) is 0 Å². The molecule has 2 aliphatic rings. The van der Waals surface area contributed by atoms with Crippen molar-refractivity contribution < 1.29 is 9.53 Å². The Balaban J connectivity index is 0.000000242. The predicted molar refractivity (Wildman–Crippen MR) is 154 cm³/mol. The molecular formula is C29H39ClN6O2. The molecule has 3 N–H and O–H groups in total. The van der Waals surface area contributed by atoms with Crippen LogP contribution >= 0.6 is 11.6 Å². The number of nitrogens with two attached hydrogens (primary N) is 1. The topological polar surface area (TPSA) is 98.3 Å². The van der Waals surface area contributed by atoms with E-state index in [-0.39, 0.29) is 18.2 Å². The van der Waals surface area contributed by atoms with Crippen molar-refractivity contribution in [3.63, 3.8) is 0 Å². The fourth-order valence-corrected chi connectivity index (χ4v) is 4.51. The number of carbonyl (C=O) groups excluding carboxylic acids is 1. The number of fused-ring (bicyclic) bond motifs is 2. The molecule has 1 saturated heterocycles.